The van der Waals surface area contributed by atoms with Crippen LogP contribution in [0.15, 0.2) is 36.4 Å². The van der Waals surface area contributed by atoms with E-state index >= 15 is 0 Å². The Kier molecular flexibility index (Phi) is 5.96. The summed E-state index contributed by atoms with van der Waals surface area (Å²) in [4.78, 5) is 0. The van der Waals surface area contributed by atoms with Gasteiger partial charge in [-0.3, -0.25) is 0 Å². The van der Waals surface area contributed by atoms with Gasteiger partial charge in [-0.1, -0.05) is 26.0 Å². The molecule has 0 fully saturated rings. The number of aromatic hydroxyl groups is 2. The van der Waals surface area contributed by atoms with Crippen LogP contribution in [0.2, 0.25) is 0 Å². The Labute approximate surface area is 143 Å². The van der Waals surface area contributed by atoms with Gasteiger partial charge in [-0.05, 0) is 60.1 Å². The topological polar surface area (TPSA) is 58.9 Å². The van der Waals surface area contributed by atoms with E-state index in [9.17, 15) is 10.2 Å². The number of rotatable bonds is 7. The first kappa shape index (κ1) is 18.0. The fourth-order valence-electron chi connectivity index (χ4n) is 2.90. The van der Waals surface area contributed by atoms with E-state index in [0.29, 0.717) is 29.1 Å². The van der Waals surface area contributed by atoms with Crippen molar-refractivity contribution in [3.8, 4) is 23.0 Å². The fraction of sp³-hybridized carbons (Fsp3) is 0.400. The first-order chi connectivity index (χ1) is 11.4. The minimum absolute atomic E-state index is 0.102. The maximum absolute atomic E-state index is 10.1. The van der Waals surface area contributed by atoms with E-state index in [2.05, 4.69) is 13.8 Å². The molecule has 0 spiro atoms. The van der Waals surface area contributed by atoms with Crippen LogP contribution in [0.4, 0.5) is 0 Å². The van der Waals surface area contributed by atoms with Crippen molar-refractivity contribution < 1.29 is 19.7 Å². The van der Waals surface area contributed by atoms with Crippen molar-refractivity contribution in [3.63, 3.8) is 0 Å². The minimum Gasteiger partial charge on any atom is -0.508 e. The zero-order valence-electron chi connectivity index (χ0n) is 14.7. The third kappa shape index (κ3) is 4.34. The number of ether oxygens (including phenoxy) is 2. The third-order valence-electron chi connectivity index (χ3n) is 4.54. The third-order valence-corrected chi connectivity index (χ3v) is 4.54. The summed E-state index contributed by atoms with van der Waals surface area (Å²) in [5.41, 5.74) is 2.23. The molecule has 2 aromatic rings. The lowest BCUT2D eigenvalue weighted by molar-refractivity contribution is 0.331. The monoisotopic (exact) mass is 330 g/mol. The molecule has 2 rings (SSSR count). The standard InChI is InChI=1S/C20H26O4/c1-13(9-15-5-7-17(21)8-6-15)14(2)10-16-11-18(22)20(24-4)19(12-16)23-3/h5-8,11-14,21-22H,9-10H2,1-4H3/t13-,14+/m0/s1. The predicted octanol–water partition coefficient (Wildman–Crippen LogP) is 4.17. The highest BCUT2D eigenvalue weighted by Gasteiger charge is 2.17. The highest BCUT2D eigenvalue weighted by molar-refractivity contribution is 5.53. The molecular formula is C20H26O4. The Morgan fingerprint density at radius 1 is 0.833 bits per heavy atom. The number of hydrogen-bond acceptors (Lipinski definition) is 4. The van der Waals surface area contributed by atoms with Gasteiger partial charge in [-0.2, -0.15) is 0 Å². The lowest BCUT2D eigenvalue weighted by atomic mass is 9.85. The predicted molar refractivity (Wildman–Crippen MR) is 95.1 cm³/mol. The molecule has 130 valence electrons. The summed E-state index contributed by atoms with van der Waals surface area (Å²) < 4.78 is 10.5. The van der Waals surface area contributed by atoms with Gasteiger partial charge in [0, 0.05) is 0 Å². The number of hydrogen-bond donors (Lipinski definition) is 2. The average Bonchev–Trinajstić information content (AvgIpc) is 2.56. The van der Waals surface area contributed by atoms with Crippen LogP contribution in [0.25, 0.3) is 0 Å². The van der Waals surface area contributed by atoms with Gasteiger partial charge in [-0.25, -0.2) is 0 Å². The number of phenols is 2. The number of phenolic OH excluding ortho intramolecular Hbond substituents is 2. The maximum atomic E-state index is 10.1. The molecule has 0 bridgehead atoms. The Morgan fingerprint density at radius 3 is 1.96 bits per heavy atom. The van der Waals surface area contributed by atoms with Crippen LogP contribution in [-0.4, -0.2) is 24.4 Å². The van der Waals surface area contributed by atoms with Crippen LogP contribution in [0.5, 0.6) is 23.0 Å². The largest absolute Gasteiger partial charge is 0.508 e. The van der Waals surface area contributed by atoms with Crippen molar-refractivity contribution in [1.29, 1.82) is 0 Å². The number of methoxy groups -OCH3 is 2. The first-order valence-corrected chi connectivity index (χ1v) is 8.16. The van der Waals surface area contributed by atoms with E-state index in [1.807, 2.05) is 18.2 Å². The summed E-state index contributed by atoms with van der Waals surface area (Å²) in [6.07, 6.45) is 1.79. The molecule has 24 heavy (non-hydrogen) atoms. The van der Waals surface area contributed by atoms with Gasteiger partial charge in [-0.15, -0.1) is 0 Å². The molecule has 0 aliphatic rings. The summed E-state index contributed by atoms with van der Waals surface area (Å²) in [6.45, 7) is 4.43. The Bertz CT molecular complexity index is 664. The van der Waals surface area contributed by atoms with Crippen molar-refractivity contribution in [3.05, 3.63) is 47.5 Å². The highest BCUT2D eigenvalue weighted by atomic mass is 16.5. The minimum atomic E-state index is 0.102. The molecule has 0 heterocycles. The number of benzene rings is 2. The van der Waals surface area contributed by atoms with Gasteiger partial charge in [0.2, 0.25) is 5.75 Å². The zero-order chi connectivity index (χ0) is 17.7. The van der Waals surface area contributed by atoms with Gasteiger partial charge in [0.1, 0.15) is 5.75 Å². The molecule has 2 aromatic carbocycles. The van der Waals surface area contributed by atoms with Gasteiger partial charge >= 0.3 is 0 Å². The molecule has 0 amide bonds. The molecular weight excluding hydrogens is 304 g/mol. The van der Waals surface area contributed by atoms with Crippen LogP contribution >= 0.6 is 0 Å². The van der Waals surface area contributed by atoms with Crippen LogP contribution in [0.3, 0.4) is 0 Å². The van der Waals surface area contributed by atoms with E-state index in [0.717, 1.165) is 18.4 Å². The molecule has 2 atom stereocenters. The lowest BCUT2D eigenvalue weighted by Gasteiger charge is -2.21. The molecule has 0 radical (unpaired) electrons. The van der Waals surface area contributed by atoms with Crippen molar-refractivity contribution in [2.75, 3.05) is 14.2 Å². The van der Waals surface area contributed by atoms with E-state index in [1.165, 1.54) is 12.7 Å². The van der Waals surface area contributed by atoms with E-state index in [1.54, 1.807) is 25.3 Å². The van der Waals surface area contributed by atoms with Crippen molar-refractivity contribution in [2.24, 2.45) is 11.8 Å². The quantitative estimate of drug-likeness (QED) is 0.800. The molecule has 4 nitrogen and oxygen atoms in total. The SMILES string of the molecule is COc1cc(C[C@@H](C)[C@@H](C)Cc2ccc(O)cc2)cc(O)c1OC. The first-order valence-electron chi connectivity index (χ1n) is 8.16. The molecule has 0 unspecified atom stereocenters. The molecule has 0 aliphatic heterocycles. The molecule has 4 heteroatoms. The Hall–Kier alpha value is -2.36. The van der Waals surface area contributed by atoms with Gasteiger partial charge < -0.3 is 19.7 Å². The van der Waals surface area contributed by atoms with E-state index < -0.39 is 0 Å². The summed E-state index contributed by atoms with van der Waals surface area (Å²) in [5.74, 6) is 2.20. The van der Waals surface area contributed by atoms with Gasteiger partial charge in [0.15, 0.2) is 11.5 Å². The van der Waals surface area contributed by atoms with Crippen molar-refractivity contribution in [1.82, 2.24) is 0 Å². The molecule has 0 saturated carbocycles. The average molecular weight is 330 g/mol. The summed E-state index contributed by atoms with van der Waals surface area (Å²) >= 11 is 0. The van der Waals surface area contributed by atoms with Crippen molar-refractivity contribution in [2.45, 2.75) is 26.7 Å². The summed E-state index contributed by atoms with van der Waals surface area (Å²) in [6, 6.07) is 11.0. The second-order valence-electron chi connectivity index (χ2n) is 6.38. The lowest BCUT2D eigenvalue weighted by Crippen LogP contribution is -2.13. The van der Waals surface area contributed by atoms with Gasteiger partial charge in [0.05, 0.1) is 14.2 Å². The maximum Gasteiger partial charge on any atom is 0.203 e. The Balaban J connectivity index is 2.06. The second kappa shape index (κ2) is 7.95. The summed E-state index contributed by atoms with van der Waals surface area (Å²) in [7, 11) is 3.08. The van der Waals surface area contributed by atoms with Gasteiger partial charge in [0.25, 0.3) is 0 Å². The van der Waals surface area contributed by atoms with Crippen molar-refractivity contribution >= 4 is 0 Å². The van der Waals surface area contributed by atoms with Crippen LogP contribution < -0.4 is 9.47 Å². The smallest absolute Gasteiger partial charge is 0.203 e. The second-order valence-corrected chi connectivity index (χ2v) is 6.38. The highest BCUT2D eigenvalue weighted by Crippen LogP contribution is 2.38. The van der Waals surface area contributed by atoms with E-state index in [-0.39, 0.29) is 5.75 Å². The molecule has 0 aromatic heterocycles. The zero-order valence-corrected chi connectivity index (χ0v) is 14.7. The van der Waals surface area contributed by atoms with Crippen LogP contribution in [0.1, 0.15) is 25.0 Å². The van der Waals surface area contributed by atoms with E-state index in [4.69, 9.17) is 9.47 Å². The van der Waals surface area contributed by atoms with Crippen LogP contribution in [0, 0.1) is 11.8 Å². The molecule has 0 saturated heterocycles. The normalized spacial score (nSPS) is 13.3. The summed E-state index contributed by atoms with van der Waals surface area (Å²) in [5, 5.41) is 19.5. The Morgan fingerprint density at radius 2 is 1.42 bits per heavy atom. The molecule has 2 N–H and O–H groups in total. The fourth-order valence-corrected chi connectivity index (χ4v) is 2.90. The van der Waals surface area contributed by atoms with Crippen LogP contribution in [-0.2, 0) is 12.8 Å². The molecule has 0 aliphatic carbocycles.